The van der Waals surface area contributed by atoms with E-state index in [0.717, 1.165) is 37.5 Å². The second-order valence-corrected chi connectivity index (χ2v) is 8.77. The molecule has 2 rings (SSSR count). The first-order valence-electron chi connectivity index (χ1n) is 4.39. The number of rotatable bonds is 1. The lowest BCUT2D eigenvalue weighted by molar-refractivity contribution is 0.810. The third kappa shape index (κ3) is 2.43. The summed E-state index contributed by atoms with van der Waals surface area (Å²) in [5.74, 6) is 0.985. The summed E-state index contributed by atoms with van der Waals surface area (Å²) in [6, 6.07) is 0. The van der Waals surface area contributed by atoms with Crippen molar-refractivity contribution in [3.05, 3.63) is 31.7 Å². The molecular formula is C9H3Br7N2. The lowest BCUT2D eigenvalue weighted by atomic mass is 10.6. The van der Waals surface area contributed by atoms with Crippen molar-refractivity contribution in [2.45, 2.75) is 0 Å². The molecule has 2 nitrogen and oxygen atoms in total. The van der Waals surface area contributed by atoms with Crippen molar-refractivity contribution in [3.8, 4) is 5.82 Å². The van der Waals surface area contributed by atoms with Gasteiger partial charge in [0.05, 0.1) is 17.9 Å². The van der Waals surface area contributed by atoms with Crippen molar-refractivity contribution in [3.63, 3.8) is 0 Å². The van der Waals surface area contributed by atoms with Crippen molar-refractivity contribution >= 4 is 112 Å². The van der Waals surface area contributed by atoms with E-state index in [1.54, 1.807) is 0 Å². The lowest BCUT2D eigenvalue weighted by Crippen LogP contribution is -2.03. The predicted octanol–water partition coefficient (Wildman–Crippen LogP) is 7.15. The Hall–Kier alpha value is 1.92. The van der Waals surface area contributed by atoms with E-state index in [9.17, 15) is 0 Å². The summed E-state index contributed by atoms with van der Waals surface area (Å²) in [7, 11) is 1.98. The van der Waals surface area contributed by atoms with Crippen molar-refractivity contribution in [1.82, 2.24) is 9.13 Å². The van der Waals surface area contributed by atoms with E-state index in [-0.39, 0.29) is 0 Å². The van der Waals surface area contributed by atoms with Crippen LogP contribution in [0.15, 0.2) is 31.7 Å². The van der Waals surface area contributed by atoms with Crippen LogP contribution < -0.4 is 0 Å². The van der Waals surface area contributed by atoms with Crippen LogP contribution in [0.25, 0.3) is 5.82 Å². The summed E-state index contributed by atoms with van der Waals surface area (Å²) in [5.41, 5.74) is 0. The summed E-state index contributed by atoms with van der Waals surface area (Å²) in [6.45, 7) is 0. The first-order valence-corrected chi connectivity index (χ1v) is 9.94. The molecule has 0 fully saturated rings. The van der Waals surface area contributed by atoms with Gasteiger partial charge in [-0.2, -0.15) is 0 Å². The van der Waals surface area contributed by atoms with E-state index >= 15 is 0 Å². The molecular weight excluding hydrogens is 695 g/mol. The predicted molar refractivity (Wildman–Crippen MR) is 98.6 cm³/mol. The minimum absolute atomic E-state index is 0.919. The van der Waals surface area contributed by atoms with Gasteiger partial charge in [0.1, 0.15) is 19.6 Å². The van der Waals surface area contributed by atoms with Crippen LogP contribution in [0.2, 0.25) is 0 Å². The Morgan fingerprint density at radius 2 is 1.00 bits per heavy atom. The highest BCUT2D eigenvalue weighted by molar-refractivity contribution is 9.15. The standard InChI is InChI=1S/C9H3Br7N2/c1-17-6(14)4(12)5(13)9(17)18-7(15)2(10)3(11)8(18)16/h1H3. The van der Waals surface area contributed by atoms with Crippen LogP contribution in [0, 0.1) is 0 Å². The Balaban J connectivity index is 2.86. The highest BCUT2D eigenvalue weighted by Gasteiger charge is 2.24. The Bertz CT molecular complexity index is 533. The van der Waals surface area contributed by atoms with E-state index in [1.807, 2.05) is 16.2 Å². The molecule has 9 heteroatoms. The second-order valence-electron chi connectivity index (χ2n) is 3.35. The van der Waals surface area contributed by atoms with Crippen LogP contribution in [-0.4, -0.2) is 9.13 Å². The Morgan fingerprint density at radius 3 is 1.33 bits per heavy atom. The van der Waals surface area contributed by atoms with Gasteiger partial charge in [-0.15, -0.1) is 0 Å². The minimum atomic E-state index is 0.919. The monoisotopic (exact) mass is 691 g/mol. The molecule has 0 aliphatic rings. The summed E-state index contributed by atoms with van der Waals surface area (Å²) < 4.78 is 10.7. The minimum Gasteiger partial charge on any atom is -0.323 e. The Kier molecular flexibility index (Phi) is 5.40. The van der Waals surface area contributed by atoms with Gasteiger partial charge in [-0.1, -0.05) is 0 Å². The third-order valence-corrected chi connectivity index (χ3v) is 10.5. The van der Waals surface area contributed by atoms with Crippen LogP contribution >= 0.6 is 112 Å². The molecule has 0 spiro atoms. The number of halogens is 7. The fourth-order valence-electron chi connectivity index (χ4n) is 1.47. The molecule has 0 radical (unpaired) electrons. The molecule has 2 aromatic heterocycles. The first-order chi connectivity index (χ1) is 8.29. The molecule has 0 saturated heterocycles. The Morgan fingerprint density at radius 1 is 0.611 bits per heavy atom. The summed E-state index contributed by atoms with van der Waals surface area (Å²) in [4.78, 5) is 0. The zero-order valence-corrected chi connectivity index (χ0v) is 19.6. The molecule has 0 saturated carbocycles. The molecule has 0 N–H and O–H groups in total. The normalized spacial score (nSPS) is 11.3. The maximum Gasteiger partial charge on any atom is 0.135 e. The average Bonchev–Trinajstić information content (AvgIpc) is 2.64. The van der Waals surface area contributed by atoms with Crippen molar-refractivity contribution in [2.75, 3.05) is 0 Å². The molecule has 0 atom stereocenters. The lowest BCUT2D eigenvalue weighted by Gasteiger charge is -2.10. The molecule has 0 amide bonds. The molecule has 2 heterocycles. The molecule has 98 valence electrons. The fraction of sp³-hybridized carbons (Fsp3) is 0.111. The average molecular weight is 698 g/mol. The Labute approximate surface area is 163 Å². The summed E-state index contributed by atoms with van der Waals surface area (Å²) in [5, 5.41) is 0. The molecule has 0 aliphatic heterocycles. The first kappa shape index (κ1) is 16.3. The van der Waals surface area contributed by atoms with Gasteiger partial charge in [0.2, 0.25) is 0 Å². The highest BCUT2D eigenvalue weighted by atomic mass is 79.9. The maximum atomic E-state index is 3.60. The van der Waals surface area contributed by atoms with Gasteiger partial charge in [0.15, 0.2) is 0 Å². The van der Waals surface area contributed by atoms with Crippen molar-refractivity contribution < 1.29 is 0 Å². The van der Waals surface area contributed by atoms with Crippen LogP contribution in [0.5, 0.6) is 0 Å². The molecule has 0 unspecified atom stereocenters. The summed E-state index contributed by atoms with van der Waals surface area (Å²) in [6.07, 6.45) is 0. The number of hydrogen-bond acceptors (Lipinski definition) is 0. The number of nitrogens with zero attached hydrogens (tertiary/aromatic N) is 2. The SMILES string of the molecule is Cn1c(Br)c(Br)c(Br)c1-n1c(Br)c(Br)c(Br)c1Br. The van der Waals surface area contributed by atoms with Gasteiger partial charge in [-0.05, 0) is 112 Å². The van der Waals surface area contributed by atoms with Gasteiger partial charge < -0.3 is 4.57 Å². The van der Waals surface area contributed by atoms with E-state index in [0.29, 0.717) is 0 Å². The molecule has 0 aromatic carbocycles. The van der Waals surface area contributed by atoms with Crippen molar-refractivity contribution in [2.24, 2.45) is 7.05 Å². The van der Waals surface area contributed by atoms with Crippen LogP contribution in [0.3, 0.4) is 0 Å². The van der Waals surface area contributed by atoms with E-state index < -0.39 is 0 Å². The van der Waals surface area contributed by atoms with Crippen LogP contribution in [-0.2, 0) is 7.05 Å². The van der Waals surface area contributed by atoms with Crippen LogP contribution in [0.1, 0.15) is 0 Å². The van der Waals surface area contributed by atoms with E-state index in [1.165, 1.54) is 0 Å². The van der Waals surface area contributed by atoms with Crippen LogP contribution in [0.4, 0.5) is 0 Å². The van der Waals surface area contributed by atoms with Gasteiger partial charge in [-0.3, -0.25) is 4.57 Å². The fourth-order valence-corrected chi connectivity index (χ4v) is 5.77. The number of aromatic nitrogens is 2. The second kappa shape index (κ2) is 5.96. The molecule has 0 aliphatic carbocycles. The van der Waals surface area contributed by atoms with Gasteiger partial charge in [0, 0.05) is 7.05 Å². The molecule has 2 aromatic rings. The topological polar surface area (TPSA) is 9.86 Å². The summed E-state index contributed by atoms with van der Waals surface area (Å²) >= 11 is 24.9. The quantitative estimate of drug-likeness (QED) is 0.300. The smallest absolute Gasteiger partial charge is 0.135 e. The van der Waals surface area contributed by atoms with E-state index in [2.05, 4.69) is 112 Å². The van der Waals surface area contributed by atoms with Gasteiger partial charge in [-0.25, -0.2) is 0 Å². The zero-order chi connectivity index (χ0) is 13.8. The van der Waals surface area contributed by atoms with E-state index in [4.69, 9.17) is 0 Å². The van der Waals surface area contributed by atoms with Crippen molar-refractivity contribution in [1.29, 1.82) is 0 Å². The largest absolute Gasteiger partial charge is 0.323 e. The van der Waals surface area contributed by atoms with Gasteiger partial charge >= 0.3 is 0 Å². The highest BCUT2D eigenvalue weighted by Crippen LogP contribution is 2.45. The molecule has 18 heavy (non-hydrogen) atoms. The maximum absolute atomic E-state index is 3.60. The molecule has 0 bridgehead atoms. The third-order valence-electron chi connectivity index (χ3n) is 2.34. The number of hydrogen-bond donors (Lipinski definition) is 0. The van der Waals surface area contributed by atoms with Gasteiger partial charge in [0.25, 0.3) is 0 Å². The zero-order valence-electron chi connectivity index (χ0n) is 8.54.